The minimum Gasteiger partial charge on any atom is -0.496 e. The molecular formula is C17H27NO2. The number of rotatable bonds is 5. The summed E-state index contributed by atoms with van der Waals surface area (Å²) in [6.45, 7) is 8.39. The summed E-state index contributed by atoms with van der Waals surface area (Å²) >= 11 is 0. The van der Waals surface area contributed by atoms with Crippen molar-refractivity contribution in [3.05, 3.63) is 29.3 Å². The second-order valence-electron chi connectivity index (χ2n) is 5.87. The molecule has 112 valence electrons. The first-order valence-electron chi connectivity index (χ1n) is 7.60. The summed E-state index contributed by atoms with van der Waals surface area (Å²) in [6, 6.07) is 7.22. The molecular weight excluding hydrogens is 250 g/mol. The van der Waals surface area contributed by atoms with Gasteiger partial charge in [-0.2, -0.15) is 0 Å². The number of benzene rings is 1. The zero-order valence-electron chi connectivity index (χ0n) is 13.1. The summed E-state index contributed by atoms with van der Waals surface area (Å²) in [5.41, 5.74) is 2.47. The topological polar surface area (TPSA) is 30.5 Å². The lowest BCUT2D eigenvalue weighted by Gasteiger charge is -2.31. The van der Waals surface area contributed by atoms with Gasteiger partial charge in [0, 0.05) is 30.9 Å². The number of ether oxygens (including phenoxy) is 2. The molecule has 1 saturated heterocycles. The number of methoxy groups -OCH3 is 1. The molecule has 0 aromatic heterocycles. The quantitative estimate of drug-likeness (QED) is 0.894. The van der Waals surface area contributed by atoms with Crippen molar-refractivity contribution in [3.63, 3.8) is 0 Å². The van der Waals surface area contributed by atoms with E-state index in [4.69, 9.17) is 9.47 Å². The largest absolute Gasteiger partial charge is 0.496 e. The van der Waals surface area contributed by atoms with Crippen LogP contribution in [0.2, 0.25) is 0 Å². The molecule has 3 nitrogen and oxygen atoms in total. The Balaban J connectivity index is 2.01. The van der Waals surface area contributed by atoms with Gasteiger partial charge in [-0.15, -0.1) is 0 Å². The molecule has 2 rings (SSSR count). The van der Waals surface area contributed by atoms with Gasteiger partial charge in [0.15, 0.2) is 0 Å². The van der Waals surface area contributed by atoms with Crippen LogP contribution in [0.15, 0.2) is 18.2 Å². The van der Waals surface area contributed by atoms with Gasteiger partial charge in [0.05, 0.1) is 7.11 Å². The van der Waals surface area contributed by atoms with Crippen LogP contribution in [0.5, 0.6) is 5.75 Å². The smallest absolute Gasteiger partial charge is 0.123 e. The molecule has 1 fully saturated rings. The van der Waals surface area contributed by atoms with E-state index in [0.717, 1.165) is 31.8 Å². The third-order valence-corrected chi connectivity index (χ3v) is 4.34. The molecule has 1 aliphatic rings. The molecule has 1 aromatic carbocycles. The van der Waals surface area contributed by atoms with Crippen molar-refractivity contribution in [1.82, 2.24) is 5.32 Å². The molecule has 0 bridgehead atoms. The molecule has 1 heterocycles. The van der Waals surface area contributed by atoms with Crippen LogP contribution in [0.3, 0.4) is 0 Å². The number of aryl methyl sites for hydroxylation is 1. The highest BCUT2D eigenvalue weighted by Crippen LogP contribution is 2.28. The molecule has 0 saturated carbocycles. The van der Waals surface area contributed by atoms with Gasteiger partial charge in [0.25, 0.3) is 0 Å². The summed E-state index contributed by atoms with van der Waals surface area (Å²) < 4.78 is 11.0. The number of hydrogen-bond acceptors (Lipinski definition) is 3. The molecule has 1 aromatic rings. The third kappa shape index (κ3) is 3.74. The van der Waals surface area contributed by atoms with Crippen molar-refractivity contribution < 1.29 is 9.47 Å². The normalized spacial score (nSPS) is 19.6. The van der Waals surface area contributed by atoms with Crippen molar-refractivity contribution in [2.45, 2.75) is 45.7 Å². The standard InChI is InChI=1S/C17H27NO2/c1-12-5-6-16(17(11-12)19-4)14(3)18-13(2)15-7-9-20-10-8-15/h5-6,11,13-15,18H,7-10H2,1-4H3. The molecule has 1 aliphatic heterocycles. The SMILES string of the molecule is COc1cc(C)ccc1C(C)NC(C)C1CCOCC1. The molecule has 2 unspecified atom stereocenters. The van der Waals surface area contributed by atoms with Crippen LogP contribution in [0, 0.1) is 12.8 Å². The molecule has 0 spiro atoms. The average molecular weight is 277 g/mol. The first-order valence-corrected chi connectivity index (χ1v) is 7.60. The fraction of sp³-hybridized carbons (Fsp3) is 0.647. The van der Waals surface area contributed by atoms with E-state index in [1.54, 1.807) is 7.11 Å². The van der Waals surface area contributed by atoms with Crippen molar-refractivity contribution in [2.75, 3.05) is 20.3 Å². The highest BCUT2D eigenvalue weighted by molar-refractivity contribution is 5.39. The van der Waals surface area contributed by atoms with Gasteiger partial charge in [-0.3, -0.25) is 0 Å². The van der Waals surface area contributed by atoms with Crippen LogP contribution in [0.4, 0.5) is 0 Å². The van der Waals surface area contributed by atoms with Gasteiger partial charge in [-0.25, -0.2) is 0 Å². The summed E-state index contributed by atoms with van der Waals surface area (Å²) in [4.78, 5) is 0. The Labute approximate surface area is 122 Å². The summed E-state index contributed by atoms with van der Waals surface area (Å²) in [5.74, 6) is 1.69. The van der Waals surface area contributed by atoms with E-state index >= 15 is 0 Å². The van der Waals surface area contributed by atoms with E-state index in [-0.39, 0.29) is 0 Å². The zero-order chi connectivity index (χ0) is 14.5. The van der Waals surface area contributed by atoms with Crippen molar-refractivity contribution in [3.8, 4) is 5.75 Å². The Kier molecular flexibility index (Phi) is 5.44. The predicted octanol–water partition coefficient (Wildman–Crippen LogP) is 3.47. The Hall–Kier alpha value is -1.06. The lowest BCUT2D eigenvalue weighted by atomic mass is 9.92. The summed E-state index contributed by atoms with van der Waals surface area (Å²) in [7, 11) is 1.74. The number of hydrogen-bond donors (Lipinski definition) is 1. The maximum Gasteiger partial charge on any atom is 0.123 e. The fourth-order valence-electron chi connectivity index (χ4n) is 3.01. The van der Waals surface area contributed by atoms with Crippen LogP contribution >= 0.6 is 0 Å². The van der Waals surface area contributed by atoms with Crippen LogP contribution < -0.4 is 10.1 Å². The first-order chi connectivity index (χ1) is 9.61. The highest BCUT2D eigenvalue weighted by atomic mass is 16.5. The molecule has 2 atom stereocenters. The van der Waals surface area contributed by atoms with Crippen molar-refractivity contribution >= 4 is 0 Å². The Morgan fingerprint density at radius 2 is 1.95 bits per heavy atom. The van der Waals surface area contributed by atoms with Crippen molar-refractivity contribution in [1.29, 1.82) is 0 Å². The summed E-state index contributed by atoms with van der Waals surface area (Å²) in [6.07, 6.45) is 2.32. The van der Waals surface area contributed by atoms with Crippen LogP contribution in [-0.4, -0.2) is 26.4 Å². The summed E-state index contributed by atoms with van der Waals surface area (Å²) in [5, 5.41) is 3.72. The van der Waals surface area contributed by atoms with Gasteiger partial charge < -0.3 is 14.8 Å². The van der Waals surface area contributed by atoms with Gasteiger partial charge >= 0.3 is 0 Å². The maximum absolute atomic E-state index is 5.51. The molecule has 20 heavy (non-hydrogen) atoms. The van der Waals surface area contributed by atoms with Gasteiger partial charge in [-0.05, 0) is 51.2 Å². The fourth-order valence-corrected chi connectivity index (χ4v) is 3.01. The van der Waals surface area contributed by atoms with E-state index in [0.29, 0.717) is 18.0 Å². The second kappa shape index (κ2) is 7.09. The van der Waals surface area contributed by atoms with Gasteiger partial charge in [-0.1, -0.05) is 12.1 Å². The second-order valence-corrected chi connectivity index (χ2v) is 5.87. The zero-order valence-corrected chi connectivity index (χ0v) is 13.1. The van der Waals surface area contributed by atoms with Crippen LogP contribution in [0.25, 0.3) is 0 Å². The third-order valence-electron chi connectivity index (χ3n) is 4.34. The van der Waals surface area contributed by atoms with Crippen LogP contribution in [-0.2, 0) is 4.74 Å². The first kappa shape index (κ1) is 15.3. The Bertz CT molecular complexity index is 427. The predicted molar refractivity (Wildman–Crippen MR) is 82.3 cm³/mol. The molecule has 0 aliphatic carbocycles. The van der Waals surface area contributed by atoms with E-state index in [1.807, 2.05) is 0 Å². The Morgan fingerprint density at radius 3 is 2.60 bits per heavy atom. The highest BCUT2D eigenvalue weighted by Gasteiger charge is 2.22. The Morgan fingerprint density at radius 1 is 1.25 bits per heavy atom. The molecule has 0 amide bonds. The monoisotopic (exact) mass is 277 g/mol. The lowest BCUT2D eigenvalue weighted by molar-refractivity contribution is 0.0546. The van der Waals surface area contributed by atoms with E-state index in [2.05, 4.69) is 44.3 Å². The van der Waals surface area contributed by atoms with E-state index in [1.165, 1.54) is 11.1 Å². The minimum atomic E-state index is 0.295. The molecule has 3 heteroatoms. The van der Waals surface area contributed by atoms with Crippen molar-refractivity contribution in [2.24, 2.45) is 5.92 Å². The van der Waals surface area contributed by atoms with Gasteiger partial charge in [0.2, 0.25) is 0 Å². The van der Waals surface area contributed by atoms with Crippen LogP contribution in [0.1, 0.15) is 43.9 Å². The van der Waals surface area contributed by atoms with E-state index in [9.17, 15) is 0 Å². The van der Waals surface area contributed by atoms with E-state index < -0.39 is 0 Å². The number of nitrogens with one attached hydrogen (secondary N) is 1. The average Bonchev–Trinajstić information content (AvgIpc) is 2.47. The molecule has 1 N–H and O–H groups in total. The maximum atomic E-state index is 5.51. The van der Waals surface area contributed by atoms with Gasteiger partial charge in [0.1, 0.15) is 5.75 Å². The molecule has 0 radical (unpaired) electrons. The minimum absolute atomic E-state index is 0.295. The lowest BCUT2D eigenvalue weighted by Crippen LogP contribution is -2.38.